The quantitative estimate of drug-likeness (QED) is 0.760. The van der Waals surface area contributed by atoms with Crippen molar-refractivity contribution in [2.24, 2.45) is 0 Å². The van der Waals surface area contributed by atoms with Gasteiger partial charge in [-0.3, -0.25) is 0 Å². The third kappa shape index (κ3) is 2.89. The Bertz CT molecular complexity index is 698. The van der Waals surface area contributed by atoms with Gasteiger partial charge >= 0.3 is 0 Å². The second kappa shape index (κ2) is 6.16. The molecule has 3 heteroatoms. The van der Waals surface area contributed by atoms with Crippen molar-refractivity contribution in [3.8, 4) is 0 Å². The number of thiazole rings is 1. The molecule has 0 fully saturated rings. The standard InChI is InChI=1S/C17H18N2S/c1-2-17-19-12-15(20-17)11-18-10-14-8-5-7-13-6-3-4-9-16(13)14/h3-9,12,18H,2,10-11H2,1H3. The summed E-state index contributed by atoms with van der Waals surface area (Å²) in [5.74, 6) is 0. The molecule has 0 aliphatic heterocycles. The molecule has 102 valence electrons. The average molecular weight is 282 g/mol. The van der Waals surface area contributed by atoms with Crippen molar-refractivity contribution in [2.75, 3.05) is 0 Å². The molecule has 20 heavy (non-hydrogen) atoms. The Kier molecular flexibility index (Phi) is 4.09. The fourth-order valence-corrected chi connectivity index (χ4v) is 3.19. The first kappa shape index (κ1) is 13.3. The minimum atomic E-state index is 0.890. The van der Waals surface area contributed by atoms with E-state index in [1.54, 1.807) is 11.3 Å². The summed E-state index contributed by atoms with van der Waals surface area (Å²) in [6.07, 6.45) is 3.01. The van der Waals surface area contributed by atoms with E-state index >= 15 is 0 Å². The molecule has 0 bridgehead atoms. The summed E-state index contributed by atoms with van der Waals surface area (Å²) >= 11 is 1.80. The van der Waals surface area contributed by atoms with Crippen LogP contribution in [0.25, 0.3) is 10.8 Å². The molecule has 3 aromatic rings. The molecule has 0 aliphatic carbocycles. The first-order valence-corrected chi connectivity index (χ1v) is 7.79. The molecule has 1 aromatic heterocycles. The van der Waals surface area contributed by atoms with Crippen LogP contribution in [-0.4, -0.2) is 4.98 Å². The first-order valence-electron chi connectivity index (χ1n) is 6.97. The van der Waals surface area contributed by atoms with Gasteiger partial charge in [0, 0.05) is 24.2 Å². The van der Waals surface area contributed by atoms with Crippen LogP contribution in [0.3, 0.4) is 0 Å². The summed E-state index contributed by atoms with van der Waals surface area (Å²) in [6, 6.07) is 15.0. The zero-order valence-corrected chi connectivity index (χ0v) is 12.4. The van der Waals surface area contributed by atoms with Gasteiger partial charge in [-0.15, -0.1) is 11.3 Å². The molecule has 0 atom stereocenters. The molecule has 1 N–H and O–H groups in total. The van der Waals surface area contributed by atoms with Crippen molar-refractivity contribution in [1.82, 2.24) is 10.3 Å². The number of hydrogen-bond acceptors (Lipinski definition) is 3. The van der Waals surface area contributed by atoms with Crippen molar-refractivity contribution in [3.63, 3.8) is 0 Å². The van der Waals surface area contributed by atoms with Crippen LogP contribution < -0.4 is 5.32 Å². The molecular formula is C17H18N2S. The Morgan fingerprint density at radius 1 is 1.05 bits per heavy atom. The molecule has 2 nitrogen and oxygen atoms in total. The van der Waals surface area contributed by atoms with Gasteiger partial charge < -0.3 is 5.32 Å². The van der Waals surface area contributed by atoms with Crippen LogP contribution in [0.2, 0.25) is 0 Å². The topological polar surface area (TPSA) is 24.9 Å². The van der Waals surface area contributed by atoms with Crippen molar-refractivity contribution in [2.45, 2.75) is 26.4 Å². The zero-order valence-electron chi connectivity index (χ0n) is 11.6. The lowest BCUT2D eigenvalue weighted by Gasteiger charge is -2.07. The SMILES string of the molecule is CCc1ncc(CNCc2cccc3ccccc23)s1. The summed E-state index contributed by atoms with van der Waals surface area (Å²) in [5.41, 5.74) is 1.35. The van der Waals surface area contributed by atoms with Gasteiger partial charge in [0.2, 0.25) is 0 Å². The Hall–Kier alpha value is -1.71. The van der Waals surface area contributed by atoms with Crippen LogP contribution >= 0.6 is 11.3 Å². The summed E-state index contributed by atoms with van der Waals surface area (Å²) in [7, 11) is 0. The first-order chi connectivity index (χ1) is 9.86. The lowest BCUT2D eigenvalue weighted by atomic mass is 10.0. The normalized spacial score (nSPS) is 11.1. The van der Waals surface area contributed by atoms with E-state index in [0.29, 0.717) is 0 Å². The minimum Gasteiger partial charge on any atom is -0.308 e. The molecular weight excluding hydrogens is 264 g/mol. The monoisotopic (exact) mass is 282 g/mol. The molecule has 0 spiro atoms. The number of benzene rings is 2. The van der Waals surface area contributed by atoms with Gasteiger partial charge in [0.25, 0.3) is 0 Å². The maximum absolute atomic E-state index is 4.39. The van der Waals surface area contributed by atoms with E-state index in [0.717, 1.165) is 19.5 Å². The van der Waals surface area contributed by atoms with E-state index in [4.69, 9.17) is 0 Å². The minimum absolute atomic E-state index is 0.890. The number of rotatable bonds is 5. The van der Waals surface area contributed by atoms with E-state index in [9.17, 15) is 0 Å². The van der Waals surface area contributed by atoms with Gasteiger partial charge in [0.05, 0.1) is 5.01 Å². The molecule has 0 saturated heterocycles. The molecule has 0 radical (unpaired) electrons. The molecule has 0 saturated carbocycles. The van der Waals surface area contributed by atoms with E-state index < -0.39 is 0 Å². The maximum Gasteiger partial charge on any atom is 0.0925 e. The summed E-state index contributed by atoms with van der Waals surface area (Å²) in [5, 5.41) is 7.37. The number of aryl methyl sites for hydroxylation is 1. The van der Waals surface area contributed by atoms with Crippen LogP contribution in [-0.2, 0) is 19.5 Å². The Morgan fingerprint density at radius 2 is 1.90 bits per heavy atom. The number of nitrogens with zero attached hydrogens (tertiary/aromatic N) is 1. The van der Waals surface area contributed by atoms with E-state index in [1.165, 1.54) is 26.2 Å². The van der Waals surface area contributed by atoms with Gasteiger partial charge in [-0.1, -0.05) is 49.4 Å². The fraction of sp³-hybridized carbons (Fsp3) is 0.235. The second-order valence-electron chi connectivity index (χ2n) is 4.82. The lowest BCUT2D eigenvalue weighted by Crippen LogP contribution is -2.11. The number of fused-ring (bicyclic) bond motifs is 1. The van der Waals surface area contributed by atoms with Crippen LogP contribution in [0.4, 0.5) is 0 Å². The maximum atomic E-state index is 4.39. The van der Waals surface area contributed by atoms with Crippen molar-refractivity contribution < 1.29 is 0 Å². The number of nitrogens with one attached hydrogen (secondary N) is 1. The molecule has 0 aliphatic rings. The lowest BCUT2D eigenvalue weighted by molar-refractivity contribution is 0.703. The molecule has 0 unspecified atom stereocenters. The summed E-state index contributed by atoms with van der Waals surface area (Å²) in [4.78, 5) is 5.70. The molecule has 2 aromatic carbocycles. The summed E-state index contributed by atoms with van der Waals surface area (Å²) in [6.45, 7) is 3.92. The highest BCUT2D eigenvalue weighted by Gasteiger charge is 2.02. The van der Waals surface area contributed by atoms with Crippen molar-refractivity contribution in [1.29, 1.82) is 0 Å². The van der Waals surface area contributed by atoms with Gasteiger partial charge in [0.1, 0.15) is 0 Å². The van der Waals surface area contributed by atoms with Crippen molar-refractivity contribution in [3.05, 3.63) is 64.1 Å². The van der Waals surface area contributed by atoms with Gasteiger partial charge in [-0.25, -0.2) is 4.98 Å². The number of aromatic nitrogens is 1. The third-order valence-corrected chi connectivity index (χ3v) is 4.54. The number of hydrogen-bond donors (Lipinski definition) is 1. The van der Waals surface area contributed by atoms with Crippen molar-refractivity contribution >= 4 is 22.1 Å². The van der Waals surface area contributed by atoms with Crippen LogP contribution in [0.15, 0.2) is 48.7 Å². The Balaban J connectivity index is 1.68. The smallest absolute Gasteiger partial charge is 0.0925 e. The predicted molar refractivity (Wildman–Crippen MR) is 86.0 cm³/mol. The fourth-order valence-electron chi connectivity index (χ4n) is 2.36. The predicted octanol–water partition coefficient (Wildman–Crippen LogP) is 4.15. The second-order valence-corrected chi connectivity index (χ2v) is 6.02. The van der Waals surface area contributed by atoms with Crippen LogP contribution in [0.1, 0.15) is 22.4 Å². The van der Waals surface area contributed by atoms with Gasteiger partial charge in [0.15, 0.2) is 0 Å². The van der Waals surface area contributed by atoms with Crippen LogP contribution in [0.5, 0.6) is 0 Å². The molecule has 1 heterocycles. The van der Waals surface area contributed by atoms with E-state index in [-0.39, 0.29) is 0 Å². The average Bonchev–Trinajstić information content (AvgIpc) is 2.95. The largest absolute Gasteiger partial charge is 0.308 e. The summed E-state index contributed by atoms with van der Waals surface area (Å²) < 4.78 is 0. The van der Waals surface area contributed by atoms with Crippen LogP contribution in [0, 0.1) is 0 Å². The Labute approximate surface area is 123 Å². The molecule has 0 amide bonds. The van der Waals surface area contributed by atoms with E-state index in [1.807, 2.05) is 6.20 Å². The zero-order chi connectivity index (χ0) is 13.8. The third-order valence-electron chi connectivity index (χ3n) is 3.40. The highest BCUT2D eigenvalue weighted by atomic mass is 32.1. The Morgan fingerprint density at radius 3 is 2.75 bits per heavy atom. The van der Waals surface area contributed by atoms with Gasteiger partial charge in [-0.2, -0.15) is 0 Å². The van der Waals surface area contributed by atoms with Gasteiger partial charge in [-0.05, 0) is 22.8 Å². The highest BCUT2D eigenvalue weighted by Crippen LogP contribution is 2.19. The highest BCUT2D eigenvalue weighted by molar-refractivity contribution is 7.11. The molecule has 3 rings (SSSR count). The van der Waals surface area contributed by atoms with E-state index in [2.05, 4.69) is 59.7 Å².